The molecule has 1 aliphatic carbocycles. The van der Waals surface area contributed by atoms with Crippen LogP contribution in [0, 0.1) is 18.3 Å². The van der Waals surface area contributed by atoms with Crippen LogP contribution in [0.4, 0.5) is 4.79 Å². The molecule has 3 unspecified atom stereocenters. The largest absolute Gasteiger partial charge is 0.444 e. The third kappa shape index (κ3) is 8.96. The first-order valence-corrected chi connectivity index (χ1v) is 13.3. The number of carbonyl (C=O) groups excluding carboxylic acids is 3. The maximum absolute atomic E-state index is 14.1. The Balaban J connectivity index is 2.46. The summed E-state index contributed by atoms with van der Waals surface area (Å²) in [4.78, 5) is 42.0. The minimum absolute atomic E-state index is 0.0691. The van der Waals surface area contributed by atoms with Gasteiger partial charge in [0.2, 0.25) is 11.8 Å². The first-order chi connectivity index (χ1) is 17.5. The van der Waals surface area contributed by atoms with Gasteiger partial charge in [0.25, 0.3) is 0 Å². The zero-order valence-corrected chi connectivity index (χ0v) is 23.0. The Hall–Kier alpha value is -3.27. The Morgan fingerprint density at radius 3 is 2.32 bits per heavy atom. The van der Waals surface area contributed by atoms with Gasteiger partial charge in [-0.15, -0.1) is 13.0 Å². The number of carbonyl (C=O) groups is 3. The lowest BCUT2D eigenvalue weighted by Gasteiger charge is -2.36. The minimum Gasteiger partial charge on any atom is -0.444 e. The number of rotatable bonds is 10. The summed E-state index contributed by atoms with van der Waals surface area (Å²) in [5, 5.41) is 5.94. The molecule has 2 N–H and O–H groups in total. The fourth-order valence-electron chi connectivity index (χ4n) is 4.52. The highest BCUT2D eigenvalue weighted by Crippen LogP contribution is 2.26. The van der Waals surface area contributed by atoms with E-state index in [0.717, 1.165) is 32.1 Å². The molecule has 202 valence electrons. The van der Waals surface area contributed by atoms with Gasteiger partial charge >= 0.3 is 6.09 Å². The van der Waals surface area contributed by atoms with Gasteiger partial charge < -0.3 is 20.3 Å². The number of alkyl carbamates (subject to hydrolysis) is 1. The summed E-state index contributed by atoms with van der Waals surface area (Å²) in [7, 11) is 0. The number of hydrogen-bond donors (Lipinski definition) is 2. The van der Waals surface area contributed by atoms with Crippen LogP contribution in [-0.2, 0) is 14.3 Å². The first-order valence-electron chi connectivity index (χ1n) is 13.3. The molecule has 1 saturated carbocycles. The molecule has 0 aliphatic heterocycles. The molecule has 2 rings (SSSR count). The smallest absolute Gasteiger partial charge is 0.408 e. The molecule has 37 heavy (non-hydrogen) atoms. The highest BCUT2D eigenvalue weighted by atomic mass is 16.6. The van der Waals surface area contributed by atoms with Gasteiger partial charge in [0.15, 0.2) is 0 Å². The average molecular weight is 510 g/mol. The molecule has 7 heteroatoms. The van der Waals surface area contributed by atoms with Crippen molar-refractivity contribution < 1.29 is 19.1 Å². The standard InChI is InChI=1S/C30H43N3O4/c1-8-20-33(28(35)25(21(4)9-2)32-29(36)37-30(5,6)7)26(23-18-16-22(10-3)17-19-23)27(34)31-24-14-12-11-13-15-24/h3,8,16-19,21,24-26H,1,9,11-15,20H2,2,4-7H3,(H,31,34)(H,32,36). The summed E-state index contributed by atoms with van der Waals surface area (Å²) < 4.78 is 5.43. The number of benzene rings is 1. The van der Waals surface area contributed by atoms with E-state index in [1.54, 1.807) is 51.1 Å². The van der Waals surface area contributed by atoms with E-state index in [-0.39, 0.29) is 30.3 Å². The monoisotopic (exact) mass is 509 g/mol. The van der Waals surface area contributed by atoms with E-state index in [4.69, 9.17) is 11.2 Å². The normalized spacial score (nSPS) is 16.4. The average Bonchev–Trinajstić information content (AvgIpc) is 2.86. The molecule has 1 aromatic carbocycles. The number of nitrogens with zero attached hydrogens (tertiary/aromatic N) is 1. The number of terminal acetylenes is 1. The van der Waals surface area contributed by atoms with Gasteiger partial charge in [-0.3, -0.25) is 9.59 Å². The third-order valence-corrected chi connectivity index (χ3v) is 6.66. The van der Waals surface area contributed by atoms with Crippen LogP contribution in [0.3, 0.4) is 0 Å². The van der Waals surface area contributed by atoms with Crippen molar-refractivity contribution in [1.29, 1.82) is 0 Å². The van der Waals surface area contributed by atoms with Crippen LogP contribution in [-0.4, -0.2) is 47.0 Å². The van der Waals surface area contributed by atoms with Crippen LogP contribution in [0.15, 0.2) is 36.9 Å². The molecule has 1 fully saturated rings. The highest BCUT2D eigenvalue weighted by molar-refractivity contribution is 5.92. The summed E-state index contributed by atoms with van der Waals surface area (Å²) in [5.74, 6) is 1.77. The summed E-state index contributed by atoms with van der Waals surface area (Å²) >= 11 is 0. The molecule has 0 radical (unpaired) electrons. The summed E-state index contributed by atoms with van der Waals surface area (Å²) in [5.41, 5.74) is 0.610. The molecule has 0 bridgehead atoms. The van der Waals surface area contributed by atoms with Crippen molar-refractivity contribution in [2.45, 2.75) is 96.9 Å². The summed E-state index contributed by atoms with van der Waals surface area (Å²) in [6.45, 7) is 13.1. The zero-order chi connectivity index (χ0) is 27.6. The Bertz CT molecular complexity index is 968. The van der Waals surface area contributed by atoms with Crippen molar-refractivity contribution in [2.24, 2.45) is 5.92 Å². The van der Waals surface area contributed by atoms with E-state index >= 15 is 0 Å². The van der Waals surface area contributed by atoms with E-state index in [9.17, 15) is 14.4 Å². The predicted molar refractivity (Wildman–Crippen MR) is 147 cm³/mol. The number of nitrogens with one attached hydrogen (secondary N) is 2. The Morgan fingerprint density at radius 2 is 1.81 bits per heavy atom. The molecule has 0 saturated heterocycles. The second-order valence-corrected chi connectivity index (χ2v) is 10.8. The quantitative estimate of drug-likeness (QED) is 0.339. The van der Waals surface area contributed by atoms with E-state index in [1.165, 1.54) is 4.90 Å². The molecule has 3 amide bonds. The van der Waals surface area contributed by atoms with E-state index in [1.807, 2.05) is 13.8 Å². The third-order valence-electron chi connectivity index (χ3n) is 6.66. The fraction of sp³-hybridized carbons (Fsp3) is 0.567. The lowest BCUT2D eigenvalue weighted by molar-refractivity contribution is -0.143. The van der Waals surface area contributed by atoms with Gasteiger partial charge in [-0.25, -0.2) is 4.79 Å². The Kier molecular flexibility index (Phi) is 11.2. The van der Waals surface area contributed by atoms with Gasteiger partial charge in [-0.1, -0.05) is 63.7 Å². The lowest BCUT2D eigenvalue weighted by atomic mass is 9.93. The fourth-order valence-corrected chi connectivity index (χ4v) is 4.52. The minimum atomic E-state index is -0.911. The van der Waals surface area contributed by atoms with Crippen molar-refractivity contribution in [3.8, 4) is 12.3 Å². The van der Waals surface area contributed by atoms with Crippen molar-refractivity contribution in [1.82, 2.24) is 15.5 Å². The van der Waals surface area contributed by atoms with Crippen LogP contribution in [0.5, 0.6) is 0 Å². The number of hydrogen-bond acceptors (Lipinski definition) is 4. The molecule has 1 aliphatic rings. The van der Waals surface area contributed by atoms with Crippen molar-refractivity contribution in [3.05, 3.63) is 48.0 Å². The maximum atomic E-state index is 14.1. The molecular weight excluding hydrogens is 466 g/mol. The van der Waals surface area contributed by atoms with Gasteiger partial charge in [-0.2, -0.15) is 0 Å². The van der Waals surface area contributed by atoms with Crippen molar-refractivity contribution >= 4 is 17.9 Å². The lowest BCUT2D eigenvalue weighted by Crippen LogP contribution is -2.55. The van der Waals surface area contributed by atoms with Crippen LogP contribution in [0.2, 0.25) is 0 Å². The SMILES string of the molecule is C#Cc1ccc(C(C(=O)NC2CCCCC2)N(CC=C)C(=O)C(NC(=O)OC(C)(C)C)C(C)CC)cc1. The van der Waals surface area contributed by atoms with Gasteiger partial charge in [-0.05, 0) is 57.2 Å². The summed E-state index contributed by atoms with van der Waals surface area (Å²) in [6.07, 6.45) is 12.2. The van der Waals surface area contributed by atoms with Gasteiger partial charge in [0.05, 0.1) is 0 Å². The molecule has 3 atom stereocenters. The number of ether oxygens (including phenoxy) is 1. The predicted octanol–water partition coefficient (Wildman–Crippen LogP) is 5.11. The van der Waals surface area contributed by atoms with E-state index < -0.39 is 23.8 Å². The van der Waals surface area contributed by atoms with Crippen LogP contribution in [0.25, 0.3) is 0 Å². The molecular formula is C30H43N3O4. The summed E-state index contributed by atoms with van der Waals surface area (Å²) in [6, 6.07) is 5.36. The molecule has 7 nitrogen and oxygen atoms in total. The second kappa shape index (κ2) is 13.9. The maximum Gasteiger partial charge on any atom is 0.408 e. The zero-order valence-electron chi connectivity index (χ0n) is 23.0. The first kappa shape index (κ1) is 30.0. The topological polar surface area (TPSA) is 87.7 Å². The Labute approximate surface area is 222 Å². The van der Waals surface area contributed by atoms with Crippen LogP contribution >= 0.6 is 0 Å². The highest BCUT2D eigenvalue weighted by Gasteiger charge is 2.38. The van der Waals surface area contributed by atoms with Gasteiger partial charge in [0.1, 0.15) is 17.7 Å². The van der Waals surface area contributed by atoms with Crippen molar-refractivity contribution in [3.63, 3.8) is 0 Å². The molecule has 1 aromatic rings. The van der Waals surface area contributed by atoms with Crippen molar-refractivity contribution in [2.75, 3.05) is 6.54 Å². The molecule has 0 spiro atoms. The van der Waals surface area contributed by atoms with E-state index in [0.29, 0.717) is 17.5 Å². The van der Waals surface area contributed by atoms with E-state index in [2.05, 4.69) is 23.1 Å². The van der Waals surface area contributed by atoms with Crippen LogP contribution in [0.1, 0.15) is 90.3 Å². The van der Waals surface area contributed by atoms with Crippen LogP contribution < -0.4 is 10.6 Å². The molecule has 0 aromatic heterocycles. The number of amides is 3. The van der Waals surface area contributed by atoms with Gasteiger partial charge in [0, 0.05) is 18.2 Å². The second-order valence-electron chi connectivity index (χ2n) is 10.8. The molecule has 0 heterocycles. The Morgan fingerprint density at radius 1 is 1.19 bits per heavy atom.